The quantitative estimate of drug-likeness (QED) is 0.572. The van der Waals surface area contributed by atoms with Crippen LogP contribution in [-0.2, 0) is 4.79 Å². The molecule has 23 heavy (non-hydrogen) atoms. The Morgan fingerprint density at radius 3 is 1.22 bits per heavy atom. The summed E-state index contributed by atoms with van der Waals surface area (Å²) in [5.41, 5.74) is 0. The van der Waals surface area contributed by atoms with Crippen molar-refractivity contribution in [2.24, 2.45) is 0 Å². The average Bonchev–Trinajstić information content (AvgIpc) is 2.62. The zero-order chi connectivity index (χ0) is 16.1. The van der Waals surface area contributed by atoms with Crippen LogP contribution in [0.5, 0.6) is 0 Å². The molecular formula is C20H17OPS. The molecule has 3 rings (SSSR count). The third-order valence-electron chi connectivity index (χ3n) is 3.79. The lowest BCUT2D eigenvalue weighted by molar-refractivity contribution is -0.104. The smallest absolute Gasteiger partial charge is 0.210 e. The van der Waals surface area contributed by atoms with Gasteiger partial charge in [-0.1, -0.05) is 91.0 Å². The Hall–Kier alpha value is -2.02. The molecule has 3 heteroatoms. The lowest BCUT2D eigenvalue weighted by atomic mass is 10.4. The van der Waals surface area contributed by atoms with Gasteiger partial charge in [-0.15, -0.1) is 12.6 Å². The molecule has 0 fully saturated rings. The van der Waals surface area contributed by atoms with E-state index in [4.69, 9.17) is 0 Å². The fraction of sp³-hybridized carbons (Fsp3) is 0. The summed E-state index contributed by atoms with van der Waals surface area (Å²) < 4.78 is 0. The Morgan fingerprint density at radius 1 is 0.652 bits per heavy atom. The Balaban J connectivity index is 2.43. The highest BCUT2D eigenvalue weighted by Gasteiger charge is 2.25. The SMILES string of the molecule is O=C(S)C=P(c1ccccc1)(c1ccccc1)c1ccccc1. The molecule has 0 heterocycles. The molecule has 3 aromatic carbocycles. The first kappa shape index (κ1) is 15.9. The highest BCUT2D eigenvalue weighted by Crippen LogP contribution is 2.43. The van der Waals surface area contributed by atoms with E-state index in [0.29, 0.717) is 0 Å². The minimum Gasteiger partial charge on any atom is -0.282 e. The predicted molar refractivity (Wildman–Crippen MR) is 105 cm³/mol. The average molecular weight is 336 g/mol. The van der Waals surface area contributed by atoms with Crippen LogP contribution in [0.1, 0.15) is 0 Å². The lowest BCUT2D eigenvalue weighted by Gasteiger charge is -2.28. The van der Waals surface area contributed by atoms with Gasteiger partial charge in [0.2, 0.25) is 5.12 Å². The number of hydrogen-bond acceptors (Lipinski definition) is 1. The molecule has 0 N–H and O–H groups in total. The molecule has 0 amide bonds. The summed E-state index contributed by atoms with van der Waals surface area (Å²) in [5.74, 6) is 1.80. The van der Waals surface area contributed by atoms with E-state index in [1.54, 1.807) is 5.80 Å². The molecule has 0 spiro atoms. The molecule has 0 aliphatic rings. The summed E-state index contributed by atoms with van der Waals surface area (Å²) in [6.45, 7) is -2.16. The van der Waals surface area contributed by atoms with Gasteiger partial charge in [-0.2, -0.15) is 0 Å². The zero-order valence-electron chi connectivity index (χ0n) is 12.5. The Bertz CT molecular complexity index is 739. The number of thiol groups is 1. The van der Waals surface area contributed by atoms with Crippen LogP contribution in [0, 0.1) is 0 Å². The summed E-state index contributed by atoms with van der Waals surface area (Å²) in [6.07, 6.45) is 0. The fourth-order valence-corrected chi connectivity index (χ4v) is 6.95. The maximum absolute atomic E-state index is 12.0. The summed E-state index contributed by atoms with van der Waals surface area (Å²) in [5, 5.41) is 3.26. The molecule has 0 saturated carbocycles. The Kier molecular flexibility index (Phi) is 4.85. The van der Waals surface area contributed by atoms with Crippen molar-refractivity contribution in [3.05, 3.63) is 91.0 Å². The summed E-state index contributed by atoms with van der Waals surface area (Å²) >= 11 is 4.08. The van der Waals surface area contributed by atoms with Crippen molar-refractivity contribution >= 4 is 46.3 Å². The van der Waals surface area contributed by atoms with Gasteiger partial charge in [-0.3, -0.25) is 4.79 Å². The van der Waals surface area contributed by atoms with Gasteiger partial charge in [0.15, 0.2) is 0 Å². The molecule has 0 radical (unpaired) electrons. The molecule has 0 aromatic heterocycles. The van der Waals surface area contributed by atoms with Crippen LogP contribution in [0.2, 0.25) is 0 Å². The minimum absolute atomic E-state index is 0.199. The molecule has 0 atom stereocenters. The van der Waals surface area contributed by atoms with Gasteiger partial charge >= 0.3 is 0 Å². The number of rotatable bonds is 4. The second-order valence-corrected chi connectivity index (χ2v) is 8.89. The first-order valence-electron chi connectivity index (χ1n) is 7.38. The molecule has 0 unspecified atom stereocenters. The van der Waals surface area contributed by atoms with Crippen LogP contribution < -0.4 is 15.9 Å². The highest BCUT2D eigenvalue weighted by atomic mass is 32.1. The second kappa shape index (κ2) is 7.04. The molecule has 3 aromatic rings. The third kappa shape index (κ3) is 3.19. The largest absolute Gasteiger partial charge is 0.282 e. The van der Waals surface area contributed by atoms with Crippen LogP contribution >= 0.6 is 19.5 Å². The maximum Gasteiger partial charge on any atom is 0.210 e. The van der Waals surface area contributed by atoms with Crippen molar-refractivity contribution in [3.8, 4) is 0 Å². The van der Waals surface area contributed by atoms with Crippen LogP contribution in [-0.4, -0.2) is 10.9 Å². The first-order chi connectivity index (χ1) is 11.2. The van der Waals surface area contributed by atoms with Crippen LogP contribution in [0.4, 0.5) is 0 Å². The van der Waals surface area contributed by atoms with Gasteiger partial charge in [0, 0.05) is 5.80 Å². The fourth-order valence-electron chi connectivity index (χ4n) is 2.83. The Morgan fingerprint density at radius 2 is 0.957 bits per heavy atom. The monoisotopic (exact) mass is 336 g/mol. The van der Waals surface area contributed by atoms with Crippen molar-refractivity contribution in [2.75, 3.05) is 0 Å². The van der Waals surface area contributed by atoms with Crippen molar-refractivity contribution in [2.45, 2.75) is 0 Å². The van der Waals surface area contributed by atoms with Crippen molar-refractivity contribution in [1.82, 2.24) is 0 Å². The van der Waals surface area contributed by atoms with Crippen LogP contribution in [0.25, 0.3) is 0 Å². The van der Waals surface area contributed by atoms with E-state index < -0.39 is 6.89 Å². The highest BCUT2D eigenvalue weighted by molar-refractivity contribution is 8.04. The van der Waals surface area contributed by atoms with E-state index >= 15 is 0 Å². The Labute approximate surface area is 142 Å². The van der Waals surface area contributed by atoms with Gasteiger partial charge in [0.25, 0.3) is 0 Å². The van der Waals surface area contributed by atoms with E-state index in [0.717, 1.165) is 15.9 Å². The molecule has 0 bridgehead atoms. The molecule has 0 saturated heterocycles. The zero-order valence-corrected chi connectivity index (χ0v) is 14.3. The van der Waals surface area contributed by atoms with Crippen molar-refractivity contribution < 1.29 is 4.79 Å². The normalized spacial score (nSPS) is 11.0. The minimum atomic E-state index is -2.16. The van der Waals surface area contributed by atoms with E-state index in [2.05, 4.69) is 49.0 Å². The third-order valence-corrected chi connectivity index (χ3v) is 8.09. The molecule has 1 nitrogen and oxygen atoms in total. The second-order valence-electron chi connectivity index (χ2n) is 5.20. The first-order valence-corrected chi connectivity index (χ1v) is 9.68. The van der Waals surface area contributed by atoms with E-state index in [9.17, 15) is 4.79 Å². The maximum atomic E-state index is 12.0. The van der Waals surface area contributed by atoms with E-state index in [1.165, 1.54) is 0 Å². The van der Waals surface area contributed by atoms with Crippen molar-refractivity contribution in [3.63, 3.8) is 0 Å². The predicted octanol–water partition coefficient (Wildman–Crippen LogP) is 3.24. The van der Waals surface area contributed by atoms with Gasteiger partial charge < -0.3 is 0 Å². The number of benzene rings is 3. The molecule has 114 valence electrons. The standard InChI is InChI=1S/C20H17OPS/c21-20(23)16-22(17-10-4-1-5-11-17,18-12-6-2-7-13-18)19-14-8-3-9-15-19/h1-16H,(H,21,23). The van der Waals surface area contributed by atoms with Crippen molar-refractivity contribution in [1.29, 1.82) is 0 Å². The van der Waals surface area contributed by atoms with E-state index in [1.807, 2.05) is 54.6 Å². The number of carbonyl (C=O) groups is 1. The summed E-state index contributed by atoms with van der Waals surface area (Å²) in [7, 11) is 0. The summed E-state index contributed by atoms with van der Waals surface area (Å²) in [6, 6.07) is 30.7. The lowest BCUT2D eigenvalue weighted by Crippen LogP contribution is -2.27. The van der Waals surface area contributed by atoms with E-state index in [-0.39, 0.29) is 5.12 Å². The van der Waals surface area contributed by atoms with Gasteiger partial charge in [0.05, 0.1) is 0 Å². The molecular weight excluding hydrogens is 319 g/mol. The summed E-state index contributed by atoms with van der Waals surface area (Å²) in [4.78, 5) is 12.0. The van der Waals surface area contributed by atoms with Gasteiger partial charge in [0.1, 0.15) is 0 Å². The topological polar surface area (TPSA) is 17.1 Å². The number of hydrogen-bond donors (Lipinski definition) is 1. The van der Waals surface area contributed by atoms with Gasteiger partial charge in [-0.05, 0) is 22.8 Å². The number of carbonyl (C=O) groups excluding carboxylic acids is 1. The van der Waals surface area contributed by atoms with Crippen LogP contribution in [0.3, 0.4) is 0 Å². The molecule has 0 aliphatic carbocycles. The van der Waals surface area contributed by atoms with Gasteiger partial charge in [-0.25, -0.2) is 0 Å². The van der Waals surface area contributed by atoms with Crippen LogP contribution in [0.15, 0.2) is 91.0 Å². The molecule has 0 aliphatic heterocycles.